The largest absolute Gasteiger partial charge is 0.406 e. The maximum absolute atomic E-state index is 14.1. The van der Waals surface area contributed by atoms with E-state index in [2.05, 4.69) is 15.6 Å². The lowest BCUT2D eigenvalue weighted by molar-refractivity contribution is -0.169. The molecule has 0 radical (unpaired) electrons. The summed E-state index contributed by atoms with van der Waals surface area (Å²) < 4.78 is 70.8. The number of alkyl halides is 3. The first kappa shape index (κ1) is 31.5. The van der Waals surface area contributed by atoms with E-state index in [4.69, 9.17) is 0 Å². The van der Waals surface area contributed by atoms with E-state index in [1.807, 2.05) is 14.1 Å². The van der Waals surface area contributed by atoms with Crippen LogP contribution in [0, 0.1) is 23.7 Å². The highest BCUT2D eigenvalue weighted by atomic mass is 32.2. The summed E-state index contributed by atoms with van der Waals surface area (Å²) in [5.41, 5.74) is 2.66. The van der Waals surface area contributed by atoms with Crippen molar-refractivity contribution in [2.24, 2.45) is 23.7 Å². The molecular weight excluding hydrogens is 555 g/mol. The van der Waals surface area contributed by atoms with Crippen molar-refractivity contribution in [3.05, 3.63) is 0 Å². The fraction of sp³-hybridized carbons (Fsp3) is 0.966. The van der Waals surface area contributed by atoms with Gasteiger partial charge in [-0.2, -0.15) is 13.2 Å². The Labute approximate surface area is 244 Å². The van der Waals surface area contributed by atoms with Crippen LogP contribution in [0.25, 0.3) is 0 Å². The van der Waals surface area contributed by atoms with E-state index in [0.717, 1.165) is 57.8 Å². The number of fused-ring (bicyclic) bond motifs is 1. The summed E-state index contributed by atoms with van der Waals surface area (Å²) in [7, 11) is 0.751. The molecule has 2 saturated carbocycles. The zero-order chi connectivity index (χ0) is 29.4. The van der Waals surface area contributed by atoms with Crippen LogP contribution in [0.1, 0.15) is 83.5 Å². The van der Waals surface area contributed by atoms with Crippen molar-refractivity contribution in [3.8, 4) is 0 Å². The normalized spacial score (nSPS) is 35.5. The first-order chi connectivity index (χ1) is 19.4. The summed E-state index contributed by atoms with van der Waals surface area (Å²) in [6.45, 7) is 1.90. The smallest absolute Gasteiger partial charge is 0.355 e. The van der Waals surface area contributed by atoms with E-state index in [-0.39, 0.29) is 17.1 Å². The average molecular weight is 606 g/mol. The minimum Gasteiger partial charge on any atom is -0.355 e. The number of carbonyl (C=O) groups is 1. The first-order valence-electron chi connectivity index (χ1n) is 16.0. The molecule has 4 unspecified atom stereocenters. The van der Waals surface area contributed by atoms with E-state index >= 15 is 0 Å². The lowest BCUT2D eigenvalue weighted by atomic mass is 9.74. The van der Waals surface area contributed by atoms with Crippen molar-refractivity contribution in [2.75, 3.05) is 40.3 Å². The van der Waals surface area contributed by atoms with Gasteiger partial charge in [0, 0.05) is 38.3 Å². The van der Waals surface area contributed by atoms with Crippen molar-refractivity contribution in [1.82, 2.24) is 25.0 Å². The van der Waals surface area contributed by atoms with Crippen LogP contribution < -0.4 is 10.7 Å². The molecule has 2 N–H and O–H groups in total. The predicted molar refractivity (Wildman–Crippen MR) is 152 cm³/mol. The van der Waals surface area contributed by atoms with Gasteiger partial charge in [0.05, 0.1) is 11.2 Å². The van der Waals surface area contributed by atoms with E-state index < -0.39 is 40.1 Å². The highest BCUT2D eigenvalue weighted by Crippen LogP contribution is 2.43. The summed E-state index contributed by atoms with van der Waals surface area (Å²) in [5.74, 6) is -0.836. The summed E-state index contributed by atoms with van der Waals surface area (Å²) in [6.07, 6.45) is 6.92. The Hall–Kier alpha value is -0.950. The minimum absolute atomic E-state index is 0.194. The van der Waals surface area contributed by atoms with E-state index in [1.54, 1.807) is 9.31 Å². The number of halogens is 3. The zero-order valence-electron chi connectivity index (χ0n) is 24.7. The van der Waals surface area contributed by atoms with Crippen LogP contribution in [0.4, 0.5) is 13.2 Å². The second-order valence-electron chi connectivity index (χ2n) is 13.6. The van der Waals surface area contributed by atoms with Gasteiger partial charge in [-0.3, -0.25) is 4.79 Å². The number of carbonyl (C=O) groups excluding carboxylic acids is 1. The molecule has 3 heterocycles. The molecule has 12 heteroatoms. The Morgan fingerprint density at radius 2 is 1.54 bits per heavy atom. The number of hydrogen-bond acceptors (Lipinski definition) is 6. The third-order valence-corrected chi connectivity index (χ3v) is 13.4. The quantitative estimate of drug-likeness (QED) is 0.460. The average Bonchev–Trinajstić information content (AvgIpc) is 3.36. The topological polar surface area (TPSA) is 85.0 Å². The second kappa shape index (κ2) is 13.0. The monoisotopic (exact) mass is 605 g/mol. The van der Waals surface area contributed by atoms with Crippen LogP contribution in [0.3, 0.4) is 0 Å². The van der Waals surface area contributed by atoms with Crippen LogP contribution in [0.15, 0.2) is 0 Å². The predicted octanol–water partition coefficient (Wildman–Crippen LogP) is 3.74. The maximum atomic E-state index is 14.1. The highest BCUT2D eigenvalue weighted by Gasteiger charge is 2.58. The van der Waals surface area contributed by atoms with Crippen LogP contribution in [-0.4, -0.2) is 98.4 Å². The molecule has 0 aromatic carbocycles. The molecule has 3 saturated heterocycles. The van der Waals surface area contributed by atoms with Crippen molar-refractivity contribution >= 4 is 15.9 Å². The summed E-state index contributed by atoms with van der Waals surface area (Å²) in [4.78, 5) is 15.5. The summed E-state index contributed by atoms with van der Waals surface area (Å²) >= 11 is 0. The number of hydrogen-bond donors (Lipinski definition) is 2. The van der Waals surface area contributed by atoms with Crippen molar-refractivity contribution < 1.29 is 26.4 Å². The third kappa shape index (κ3) is 7.07. The number of piperidine rings is 2. The van der Waals surface area contributed by atoms with Crippen molar-refractivity contribution in [2.45, 2.75) is 113 Å². The fourth-order valence-corrected chi connectivity index (χ4v) is 10.5. The molecule has 5 fully saturated rings. The molecule has 0 bridgehead atoms. The van der Waals surface area contributed by atoms with Gasteiger partial charge in [-0.05, 0) is 96.1 Å². The van der Waals surface area contributed by atoms with E-state index in [1.165, 1.54) is 6.42 Å². The van der Waals surface area contributed by atoms with Gasteiger partial charge in [0.25, 0.3) is 0 Å². The lowest BCUT2D eigenvalue weighted by Gasteiger charge is -2.43. The highest BCUT2D eigenvalue weighted by molar-refractivity contribution is 7.89. The summed E-state index contributed by atoms with van der Waals surface area (Å²) in [5, 5.41) is 4.26. The van der Waals surface area contributed by atoms with Gasteiger partial charge in [-0.1, -0.05) is 19.3 Å². The molecule has 5 aliphatic rings. The molecule has 8 nitrogen and oxygen atoms in total. The minimum atomic E-state index is -4.51. The Balaban J connectivity index is 1.18. The molecule has 236 valence electrons. The third-order valence-electron chi connectivity index (χ3n) is 11.0. The maximum Gasteiger partial charge on any atom is 0.406 e. The Kier molecular flexibility index (Phi) is 9.95. The number of hydrazine groups is 1. The number of sulfonamides is 1. The SMILES string of the molecule is CN(C)C1CCC(S(=O)(=O)N2CCC(C3CCN4NC(C(F)(F)F)C(C(=O)NCC5CCCCC5)C4C3)CC2)CC1. The van der Waals surface area contributed by atoms with Crippen molar-refractivity contribution in [3.63, 3.8) is 0 Å². The van der Waals surface area contributed by atoms with Crippen LogP contribution >= 0.6 is 0 Å². The van der Waals surface area contributed by atoms with Gasteiger partial charge in [0.15, 0.2) is 0 Å². The molecule has 0 spiro atoms. The number of amides is 1. The molecule has 3 aliphatic heterocycles. The van der Waals surface area contributed by atoms with Crippen LogP contribution in [-0.2, 0) is 14.8 Å². The molecule has 41 heavy (non-hydrogen) atoms. The second-order valence-corrected chi connectivity index (χ2v) is 15.9. The molecular formula is C29H50F3N5O3S. The fourth-order valence-electron chi connectivity index (χ4n) is 8.46. The zero-order valence-corrected chi connectivity index (χ0v) is 25.6. The number of rotatable bonds is 7. The van der Waals surface area contributed by atoms with Gasteiger partial charge in [0.2, 0.25) is 15.9 Å². The molecule has 5 rings (SSSR count). The molecule has 0 aromatic rings. The Morgan fingerprint density at radius 1 is 0.902 bits per heavy atom. The van der Waals surface area contributed by atoms with Gasteiger partial charge in [-0.25, -0.2) is 23.2 Å². The standard InChI is InChI=1S/C29H50F3N5O3S/c1-35(2)23-8-10-24(11-9-23)41(39,40)36-15-12-21(13-16-36)22-14-17-37-25(18-22)26(27(34-37)29(30,31)32)28(38)33-19-20-6-4-3-5-7-20/h20-27,34H,3-19H2,1-2H3,(H,33,38). The van der Waals surface area contributed by atoms with E-state index in [0.29, 0.717) is 57.4 Å². The summed E-state index contributed by atoms with van der Waals surface area (Å²) in [6, 6.07) is -1.93. The molecule has 4 atom stereocenters. The van der Waals surface area contributed by atoms with Gasteiger partial charge in [-0.15, -0.1) is 0 Å². The molecule has 0 aromatic heterocycles. The van der Waals surface area contributed by atoms with Crippen LogP contribution in [0.2, 0.25) is 0 Å². The number of nitrogens with zero attached hydrogens (tertiary/aromatic N) is 3. The van der Waals surface area contributed by atoms with Crippen molar-refractivity contribution in [1.29, 1.82) is 0 Å². The first-order valence-corrected chi connectivity index (χ1v) is 17.5. The van der Waals surface area contributed by atoms with Crippen LogP contribution in [0.5, 0.6) is 0 Å². The Bertz CT molecular complexity index is 990. The van der Waals surface area contributed by atoms with E-state index in [9.17, 15) is 26.4 Å². The Morgan fingerprint density at radius 3 is 2.15 bits per heavy atom. The van der Waals surface area contributed by atoms with Gasteiger partial charge >= 0.3 is 6.18 Å². The molecule has 1 amide bonds. The van der Waals surface area contributed by atoms with Gasteiger partial charge in [0.1, 0.15) is 6.04 Å². The van der Waals surface area contributed by atoms with Gasteiger partial charge < -0.3 is 10.2 Å². The number of nitrogens with one attached hydrogen (secondary N) is 2. The molecule has 2 aliphatic carbocycles. The lowest BCUT2D eigenvalue weighted by Crippen LogP contribution is -2.50.